The van der Waals surface area contributed by atoms with Crippen molar-refractivity contribution in [1.29, 1.82) is 0 Å². The first kappa shape index (κ1) is 9.05. The van der Waals surface area contributed by atoms with Crippen molar-refractivity contribution in [1.82, 2.24) is 5.32 Å². The van der Waals surface area contributed by atoms with Crippen LogP contribution >= 0.6 is 0 Å². The van der Waals surface area contributed by atoms with Crippen LogP contribution in [0.15, 0.2) is 0 Å². The largest absolute Gasteiger partial charge is 0.308 e. The third-order valence-electron chi connectivity index (χ3n) is 2.61. The molecule has 0 aromatic carbocycles. The van der Waals surface area contributed by atoms with E-state index in [0.717, 1.165) is 0 Å². The molecule has 1 aliphatic rings. The van der Waals surface area contributed by atoms with Crippen LogP contribution in [0.3, 0.4) is 0 Å². The van der Waals surface area contributed by atoms with Gasteiger partial charge in [-0.2, -0.15) is 0 Å². The molecule has 1 fully saturated rings. The van der Waals surface area contributed by atoms with Crippen molar-refractivity contribution in [2.75, 3.05) is 6.54 Å². The second-order valence-electron chi connectivity index (χ2n) is 4.08. The van der Waals surface area contributed by atoms with Crippen molar-refractivity contribution in [2.45, 2.75) is 57.9 Å². The molecule has 0 amide bonds. The standard InChI is InChI=1S/C10H21N/c1-3-4-5-6-7-8-10(2)9-11-10/h11H,3-9H2,1-2H3. The average Bonchev–Trinajstić information content (AvgIpc) is 2.69. The zero-order valence-electron chi connectivity index (χ0n) is 7.95. The van der Waals surface area contributed by atoms with Crippen LogP contribution in [0.2, 0.25) is 0 Å². The molecule has 1 nitrogen and oxygen atoms in total. The first-order valence-electron chi connectivity index (χ1n) is 5.02. The van der Waals surface area contributed by atoms with Crippen molar-refractivity contribution in [3.05, 3.63) is 0 Å². The molecule has 0 radical (unpaired) electrons. The van der Waals surface area contributed by atoms with E-state index >= 15 is 0 Å². The quantitative estimate of drug-likeness (QED) is 0.462. The van der Waals surface area contributed by atoms with Gasteiger partial charge < -0.3 is 5.32 Å². The highest BCUT2D eigenvalue weighted by atomic mass is 15.1. The Kier molecular flexibility index (Phi) is 3.38. The maximum Gasteiger partial charge on any atom is 0.0278 e. The molecule has 1 heterocycles. The molecule has 1 unspecified atom stereocenters. The summed E-state index contributed by atoms with van der Waals surface area (Å²) in [6.45, 7) is 5.84. The minimum Gasteiger partial charge on any atom is -0.308 e. The van der Waals surface area contributed by atoms with Gasteiger partial charge in [-0.15, -0.1) is 0 Å². The van der Waals surface area contributed by atoms with Gasteiger partial charge in [-0.3, -0.25) is 0 Å². The van der Waals surface area contributed by atoms with Gasteiger partial charge in [0.05, 0.1) is 0 Å². The molecule has 0 aliphatic carbocycles. The molecule has 0 aromatic rings. The highest BCUT2D eigenvalue weighted by molar-refractivity contribution is 4.98. The van der Waals surface area contributed by atoms with E-state index in [0.29, 0.717) is 5.54 Å². The molecule has 0 bridgehead atoms. The second-order valence-corrected chi connectivity index (χ2v) is 4.08. The van der Waals surface area contributed by atoms with Gasteiger partial charge >= 0.3 is 0 Å². The summed E-state index contributed by atoms with van der Waals surface area (Å²) < 4.78 is 0. The predicted molar refractivity (Wildman–Crippen MR) is 49.8 cm³/mol. The Balaban J connectivity index is 1.81. The third kappa shape index (κ3) is 3.76. The molecule has 66 valence electrons. The summed E-state index contributed by atoms with van der Waals surface area (Å²) in [5, 5.41) is 3.40. The third-order valence-corrected chi connectivity index (χ3v) is 2.61. The highest BCUT2D eigenvalue weighted by Gasteiger charge is 2.34. The summed E-state index contributed by atoms with van der Waals surface area (Å²) in [6, 6.07) is 0. The Labute approximate surface area is 70.6 Å². The maximum atomic E-state index is 3.40. The van der Waals surface area contributed by atoms with Gasteiger partial charge in [0.15, 0.2) is 0 Å². The average molecular weight is 155 g/mol. The molecular formula is C10H21N. The zero-order chi connectivity index (χ0) is 8.16. The fourth-order valence-electron chi connectivity index (χ4n) is 1.45. The molecule has 0 saturated carbocycles. The van der Waals surface area contributed by atoms with Crippen molar-refractivity contribution >= 4 is 0 Å². The molecule has 11 heavy (non-hydrogen) atoms. The SMILES string of the molecule is CCCCCCCC1(C)CN1. The van der Waals surface area contributed by atoms with Crippen molar-refractivity contribution in [3.8, 4) is 0 Å². The van der Waals surface area contributed by atoms with E-state index in [2.05, 4.69) is 19.2 Å². The normalized spacial score (nSPS) is 28.9. The summed E-state index contributed by atoms with van der Waals surface area (Å²) in [5.41, 5.74) is 0.548. The highest BCUT2D eigenvalue weighted by Crippen LogP contribution is 2.23. The number of unbranched alkanes of at least 4 members (excludes halogenated alkanes) is 4. The number of nitrogens with one attached hydrogen (secondary N) is 1. The summed E-state index contributed by atoms with van der Waals surface area (Å²) in [5.74, 6) is 0. The van der Waals surface area contributed by atoms with E-state index in [9.17, 15) is 0 Å². The minimum atomic E-state index is 0.548. The smallest absolute Gasteiger partial charge is 0.0278 e. The van der Waals surface area contributed by atoms with Crippen LogP contribution < -0.4 is 5.32 Å². The summed E-state index contributed by atoms with van der Waals surface area (Å²) >= 11 is 0. The van der Waals surface area contributed by atoms with Crippen LogP contribution in [0, 0.1) is 0 Å². The van der Waals surface area contributed by atoms with Crippen molar-refractivity contribution in [2.24, 2.45) is 0 Å². The molecule has 1 N–H and O–H groups in total. The first-order chi connectivity index (χ1) is 5.27. The lowest BCUT2D eigenvalue weighted by Gasteiger charge is -2.04. The Morgan fingerprint density at radius 2 is 1.82 bits per heavy atom. The van der Waals surface area contributed by atoms with E-state index in [1.54, 1.807) is 0 Å². The number of rotatable bonds is 6. The van der Waals surface area contributed by atoms with Gasteiger partial charge in [0.2, 0.25) is 0 Å². The van der Waals surface area contributed by atoms with Gasteiger partial charge in [0.1, 0.15) is 0 Å². The minimum absolute atomic E-state index is 0.548. The molecule has 1 saturated heterocycles. The maximum absolute atomic E-state index is 3.40. The van der Waals surface area contributed by atoms with Gasteiger partial charge in [-0.25, -0.2) is 0 Å². The number of hydrogen-bond acceptors (Lipinski definition) is 1. The Hall–Kier alpha value is -0.0400. The van der Waals surface area contributed by atoms with Gasteiger partial charge in [-0.05, 0) is 13.3 Å². The van der Waals surface area contributed by atoms with Crippen LogP contribution in [-0.2, 0) is 0 Å². The molecule has 1 aliphatic heterocycles. The lowest BCUT2D eigenvalue weighted by atomic mass is 10.0. The molecular weight excluding hydrogens is 134 g/mol. The fourth-order valence-corrected chi connectivity index (χ4v) is 1.45. The van der Waals surface area contributed by atoms with Crippen LogP contribution in [0.4, 0.5) is 0 Å². The Bertz CT molecular complexity index is 105. The molecule has 1 rings (SSSR count). The van der Waals surface area contributed by atoms with Gasteiger partial charge in [0, 0.05) is 12.1 Å². The molecule has 0 spiro atoms. The zero-order valence-corrected chi connectivity index (χ0v) is 7.95. The van der Waals surface area contributed by atoms with E-state index in [1.165, 1.54) is 45.1 Å². The van der Waals surface area contributed by atoms with Crippen LogP contribution in [-0.4, -0.2) is 12.1 Å². The number of hydrogen-bond donors (Lipinski definition) is 1. The van der Waals surface area contributed by atoms with E-state index in [4.69, 9.17) is 0 Å². The van der Waals surface area contributed by atoms with E-state index < -0.39 is 0 Å². The van der Waals surface area contributed by atoms with Crippen molar-refractivity contribution in [3.63, 3.8) is 0 Å². The lowest BCUT2D eigenvalue weighted by molar-refractivity contribution is 0.541. The summed E-state index contributed by atoms with van der Waals surface area (Å²) in [6.07, 6.45) is 8.46. The molecule has 1 heteroatoms. The summed E-state index contributed by atoms with van der Waals surface area (Å²) in [7, 11) is 0. The first-order valence-corrected chi connectivity index (χ1v) is 5.02. The summed E-state index contributed by atoms with van der Waals surface area (Å²) in [4.78, 5) is 0. The molecule has 1 atom stereocenters. The van der Waals surface area contributed by atoms with Gasteiger partial charge in [-0.1, -0.05) is 39.0 Å². The van der Waals surface area contributed by atoms with Crippen LogP contribution in [0.5, 0.6) is 0 Å². The van der Waals surface area contributed by atoms with E-state index in [-0.39, 0.29) is 0 Å². The van der Waals surface area contributed by atoms with Crippen LogP contribution in [0.1, 0.15) is 52.4 Å². The fraction of sp³-hybridized carbons (Fsp3) is 1.00. The predicted octanol–water partition coefficient (Wildman–Crippen LogP) is 2.71. The van der Waals surface area contributed by atoms with Crippen LogP contribution in [0.25, 0.3) is 0 Å². The van der Waals surface area contributed by atoms with E-state index in [1.807, 2.05) is 0 Å². The Morgan fingerprint density at radius 1 is 1.18 bits per heavy atom. The Morgan fingerprint density at radius 3 is 2.36 bits per heavy atom. The lowest BCUT2D eigenvalue weighted by Crippen LogP contribution is -2.08. The monoisotopic (exact) mass is 155 g/mol. The van der Waals surface area contributed by atoms with Gasteiger partial charge in [0.25, 0.3) is 0 Å². The molecule has 0 aromatic heterocycles. The van der Waals surface area contributed by atoms with Crippen molar-refractivity contribution < 1.29 is 0 Å². The second kappa shape index (κ2) is 4.10. The topological polar surface area (TPSA) is 21.9 Å².